The van der Waals surface area contributed by atoms with Crippen LogP contribution in [-0.4, -0.2) is 20.4 Å². The first-order valence-electron chi connectivity index (χ1n) is 7.10. The zero-order chi connectivity index (χ0) is 16.7. The van der Waals surface area contributed by atoms with Crippen molar-refractivity contribution in [3.05, 3.63) is 56.2 Å². The molecule has 23 heavy (non-hydrogen) atoms. The van der Waals surface area contributed by atoms with Gasteiger partial charge in [-0.1, -0.05) is 6.92 Å². The highest BCUT2D eigenvalue weighted by molar-refractivity contribution is 9.11. The number of fused-ring (bicyclic) bond motifs is 1. The minimum absolute atomic E-state index is 0.0771. The summed E-state index contributed by atoms with van der Waals surface area (Å²) in [6.07, 6.45) is 2.43. The lowest BCUT2D eigenvalue weighted by Gasteiger charge is -2.07. The van der Waals surface area contributed by atoms with Gasteiger partial charge in [-0.2, -0.15) is 0 Å². The number of ketones is 1. The molecule has 0 spiro atoms. The number of carbonyl (C=O) groups excluding carboxylic acids is 1. The van der Waals surface area contributed by atoms with Crippen molar-refractivity contribution < 1.29 is 9.90 Å². The molecule has 0 saturated carbocycles. The fraction of sp³-hybridized carbons (Fsp3) is 0.176. The monoisotopic (exact) mass is 436 g/mol. The number of aromatic nitrogens is 2. The number of hydrogen-bond acceptors (Lipinski definition) is 3. The number of aryl methyl sites for hydroxylation is 1. The molecule has 0 aliphatic heterocycles. The van der Waals surface area contributed by atoms with Gasteiger partial charge in [0.1, 0.15) is 5.75 Å². The number of pyridine rings is 1. The van der Waals surface area contributed by atoms with E-state index >= 15 is 0 Å². The quantitative estimate of drug-likeness (QED) is 0.609. The molecule has 0 saturated heterocycles. The van der Waals surface area contributed by atoms with Crippen LogP contribution in [0.1, 0.15) is 28.5 Å². The molecule has 0 unspecified atom stereocenters. The topological polar surface area (TPSA) is 55.1 Å². The van der Waals surface area contributed by atoms with E-state index in [-0.39, 0.29) is 11.5 Å². The number of aromatic hydroxyl groups is 1. The number of hydrogen-bond donors (Lipinski definition) is 1. The van der Waals surface area contributed by atoms with Crippen molar-refractivity contribution in [3.63, 3.8) is 0 Å². The summed E-state index contributed by atoms with van der Waals surface area (Å²) in [6.45, 7) is 2.02. The number of benzene rings is 1. The van der Waals surface area contributed by atoms with Crippen molar-refractivity contribution in [2.45, 2.75) is 13.3 Å². The van der Waals surface area contributed by atoms with E-state index < -0.39 is 0 Å². The van der Waals surface area contributed by atoms with Crippen LogP contribution in [-0.2, 0) is 13.5 Å². The van der Waals surface area contributed by atoms with Crippen LogP contribution in [0.15, 0.2) is 39.4 Å². The van der Waals surface area contributed by atoms with Crippen LogP contribution in [0, 0.1) is 0 Å². The highest BCUT2D eigenvalue weighted by Gasteiger charge is 2.23. The molecule has 1 N–H and O–H groups in total. The standard InChI is InChI=1S/C17H14Br2N2O2/c1-3-12-14(15-13(21(12)2)5-4-6-20-15)16(22)9-7-10(18)17(23)11(19)8-9/h4-8,23H,3H2,1-2H3. The molecule has 4 nitrogen and oxygen atoms in total. The summed E-state index contributed by atoms with van der Waals surface area (Å²) in [6, 6.07) is 7.08. The molecule has 2 heterocycles. The SMILES string of the molecule is CCc1c(C(=O)c2cc(Br)c(O)c(Br)c2)c2ncccc2n1C. The summed E-state index contributed by atoms with van der Waals surface area (Å²) in [5, 5.41) is 9.84. The number of carbonyl (C=O) groups is 1. The summed E-state index contributed by atoms with van der Waals surface area (Å²) in [5.74, 6) is -0.0270. The van der Waals surface area contributed by atoms with E-state index in [1.807, 2.05) is 30.7 Å². The molecule has 0 aliphatic rings. The van der Waals surface area contributed by atoms with E-state index in [1.165, 1.54) is 0 Å². The Balaban J connectivity index is 2.26. The van der Waals surface area contributed by atoms with Gasteiger partial charge in [-0.15, -0.1) is 0 Å². The summed E-state index contributed by atoms with van der Waals surface area (Å²) >= 11 is 6.55. The van der Waals surface area contributed by atoms with Crippen LogP contribution in [0.4, 0.5) is 0 Å². The van der Waals surface area contributed by atoms with E-state index in [9.17, 15) is 9.90 Å². The van der Waals surface area contributed by atoms with Crippen molar-refractivity contribution in [3.8, 4) is 5.75 Å². The van der Waals surface area contributed by atoms with Gasteiger partial charge in [0, 0.05) is 24.5 Å². The van der Waals surface area contributed by atoms with Crippen LogP contribution in [0.3, 0.4) is 0 Å². The average Bonchev–Trinajstić information content (AvgIpc) is 2.84. The maximum absolute atomic E-state index is 13.1. The number of nitrogens with zero attached hydrogens (tertiary/aromatic N) is 2. The third kappa shape index (κ3) is 2.60. The Bertz CT molecular complexity index is 909. The van der Waals surface area contributed by atoms with Crippen molar-refractivity contribution >= 4 is 48.7 Å². The summed E-state index contributed by atoms with van der Waals surface area (Å²) in [4.78, 5) is 17.5. The van der Waals surface area contributed by atoms with E-state index in [2.05, 4.69) is 36.8 Å². The van der Waals surface area contributed by atoms with Gasteiger partial charge in [0.2, 0.25) is 0 Å². The number of phenolic OH excluding ortho intramolecular Hbond substituents is 1. The molecule has 0 amide bonds. The van der Waals surface area contributed by atoms with Gasteiger partial charge in [0.05, 0.1) is 25.5 Å². The van der Waals surface area contributed by atoms with Crippen LogP contribution < -0.4 is 0 Å². The van der Waals surface area contributed by atoms with Gasteiger partial charge in [-0.3, -0.25) is 9.78 Å². The van der Waals surface area contributed by atoms with Crippen molar-refractivity contribution in [2.24, 2.45) is 7.05 Å². The molecular weight excluding hydrogens is 424 g/mol. The maximum atomic E-state index is 13.1. The second kappa shape index (κ2) is 6.09. The Morgan fingerprint density at radius 3 is 2.57 bits per heavy atom. The summed E-state index contributed by atoms with van der Waals surface area (Å²) < 4.78 is 2.96. The fourth-order valence-corrected chi connectivity index (χ4v) is 3.99. The molecule has 0 radical (unpaired) electrons. The molecule has 3 aromatic rings. The number of halogens is 2. The third-order valence-electron chi connectivity index (χ3n) is 3.92. The minimum Gasteiger partial charge on any atom is -0.506 e. The molecule has 0 atom stereocenters. The first kappa shape index (κ1) is 16.2. The molecule has 0 fully saturated rings. The Morgan fingerprint density at radius 1 is 1.30 bits per heavy atom. The van der Waals surface area contributed by atoms with Gasteiger partial charge in [0.25, 0.3) is 0 Å². The first-order chi connectivity index (χ1) is 11.0. The van der Waals surface area contributed by atoms with E-state index in [0.29, 0.717) is 25.6 Å². The Hall–Kier alpha value is -1.66. The maximum Gasteiger partial charge on any atom is 0.197 e. The molecule has 0 aliphatic carbocycles. The highest BCUT2D eigenvalue weighted by Crippen LogP contribution is 2.35. The predicted molar refractivity (Wildman–Crippen MR) is 97.0 cm³/mol. The first-order valence-corrected chi connectivity index (χ1v) is 8.69. The number of phenols is 1. The van der Waals surface area contributed by atoms with E-state index in [4.69, 9.17) is 0 Å². The molecule has 0 bridgehead atoms. The second-order valence-electron chi connectivity index (χ2n) is 5.22. The van der Waals surface area contributed by atoms with Gasteiger partial charge >= 0.3 is 0 Å². The van der Waals surface area contributed by atoms with Crippen LogP contribution in [0.25, 0.3) is 11.0 Å². The van der Waals surface area contributed by atoms with Crippen LogP contribution >= 0.6 is 31.9 Å². The molecular formula is C17H14Br2N2O2. The van der Waals surface area contributed by atoms with Crippen molar-refractivity contribution in [2.75, 3.05) is 0 Å². The summed E-state index contributed by atoms with van der Waals surface area (Å²) in [7, 11) is 1.95. The fourth-order valence-electron chi connectivity index (χ4n) is 2.80. The highest BCUT2D eigenvalue weighted by atomic mass is 79.9. The third-order valence-corrected chi connectivity index (χ3v) is 5.13. The van der Waals surface area contributed by atoms with Crippen LogP contribution in [0.5, 0.6) is 5.75 Å². The lowest BCUT2D eigenvalue weighted by molar-refractivity contribution is 0.103. The lowest BCUT2D eigenvalue weighted by Crippen LogP contribution is -2.06. The van der Waals surface area contributed by atoms with Gasteiger partial charge < -0.3 is 9.67 Å². The Kier molecular flexibility index (Phi) is 4.29. The van der Waals surface area contributed by atoms with Crippen LogP contribution in [0.2, 0.25) is 0 Å². The van der Waals surface area contributed by atoms with E-state index in [0.717, 1.165) is 17.6 Å². The van der Waals surface area contributed by atoms with Gasteiger partial charge in [-0.05, 0) is 62.5 Å². The zero-order valence-electron chi connectivity index (χ0n) is 12.6. The van der Waals surface area contributed by atoms with E-state index in [1.54, 1.807) is 18.3 Å². The molecule has 3 rings (SSSR count). The van der Waals surface area contributed by atoms with Crippen molar-refractivity contribution in [1.29, 1.82) is 0 Å². The normalized spacial score (nSPS) is 11.1. The molecule has 1 aromatic carbocycles. The molecule has 2 aromatic heterocycles. The smallest absolute Gasteiger partial charge is 0.197 e. The minimum atomic E-state index is -0.104. The van der Waals surface area contributed by atoms with Gasteiger partial charge in [0.15, 0.2) is 5.78 Å². The Labute approximate surface area is 150 Å². The van der Waals surface area contributed by atoms with Gasteiger partial charge in [-0.25, -0.2) is 0 Å². The second-order valence-corrected chi connectivity index (χ2v) is 6.93. The predicted octanol–water partition coefficient (Wildman–Crippen LogP) is 4.60. The molecule has 6 heteroatoms. The van der Waals surface area contributed by atoms with Crippen molar-refractivity contribution in [1.82, 2.24) is 9.55 Å². The Morgan fingerprint density at radius 2 is 1.96 bits per heavy atom. The largest absolute Gasteiger partial charge is 0.506 e. The summed E-state index contributed by atoms with van der Waals surface area (Å²) in [5.41, 5.74) is 3.70. The average molecular weight is 438 g/mol. The zero-order valence-corrected chi connectivity index (χ0v) is 15.8. The molecule has 118 valence electrons. The lowest BCUT2D eigenvalue weighted by atomic mass is 10.0. The number of rotatable bonds is 3.